The minimum atomic E-state index is -0.0131. The summed E-state index contributed by atoms with van der Waals surface area (Å²) in [5.74, 6) is 0.784. The Morgan fingerprint density at radius 3 is 2.48 bits per heavy atom. The van der Waals surface area contributed by atoms with Gasteiger partial charge in [-0.1, -0.05) is 44.2 Å². The molecule has 2 aliphatic rings. The van der Waals surface area contributed by atoms with Gasteiger partial charge < -0.3 is 10.1 Å². The first-order valence-electron chi connectivity index (χ1n) is 9.83. The second-order valence-electron chi connectivity index (χ2n) is 8.51. The molecule has 1 fully saturated rings. The molecule has 0 aromatic heterocycles. The van der Waals surface area contributed by atoms with Crippen molar-refractivity contribution >= 4 is 5.91 Å². The highest BCUT2D eigenvalue weighted by molar-refractivity contribution is 5.99. The van der Waals surface area contributed by atoms with Crippen LogP contribution in [0.2, 0.25) is 0 Å². The van der Waals surface area contributed by atoms with Gasteiger partial charge >= 0.3 is 0 Å². The van der Waals surface area contributed by atoms with Gasteiger partial charge in [-0.2, -0.15) is 0 Å². The van der Waals surface area contributed by atoms with Gasteiger partial charge in [0, 0.05) is 24.2 Å². The minimum Gasteiger partial charge on any atom is -0.489 e. The van der Waals surface area contributed by atoms with E-state index in [1.165, 1.54) is 31.5 Å². The number of hydrogen-bond donors (Lipinski definition) is 1. The van der Waals surface area contributed by atoms with E-state index in [2.05, 4.69) is 48.3 Å². The van der Waals surface area contributed by atoms with Crippen molar-refractivity contribution in [2.45, 2.75) is 46.4 Å². The van der Waals surface area contributed by atoms with Crippen LogP contribution < -0.4 is 10.1 Å². The monoisotopic (exact) mass is 364 g/mol. The Kier molecular flexibility index (Phi) is 4.92. The Morgan fingerprint density at radius 2 is 1.74 bits per heavy atom. The molecule has 4 heteroatoms. The van der Waals surface area contributed by atoms with Gasteiger partial charge in [0.1, 0.15) is 12.4 Å². The standard InChI is InChI=1S/C23H28N2O2/c1-23(2)10-12-25(13-11-23)15-17-6-8-18(9-7-17)16-27-21-5-3-4-19-20(21)14-24-22(19)26/h3-9H,10-16H2,1-2H3,(H,24,26). The summed E-state index contributed by atoms with van der Waals surface area (Å²) in [5, 5.41) is 2.85. The minimum absolute atomic E-state index is 0.0131. The average Bonchev–Trinajstić information content (AvgIpc) is 3.05. The van der Waals surface area contributed by atoms with Crippen LogP contribution in [0.15, 0.2) is 42.5 Å². The molecule has 0 bridgehead atoms. The second kappa shape index (κ2) is 7.35. The van der Waals surface area contributed by atoms with E-state index in [4.69, 9.17) is 4.74 Å². The van der Waals surface area contributed by atoms with Crippen LogP contribution in [0.5, 0.6) is 5.75 Å². The number of nitrogens with one attached hydrogen (secondary N) is 1. The Morgan fingerprint density at radius 1 is 1.04 bits per heavy atom. The fourth-order valence-corrected chi connectivity index (χ4v) is 3.84. The third-order valence-corrected chi connectivity index (χ3v) is 5.84. The highest BCUT2D eigenvalue weighted by Gasteiger charge is 2.25. The van der Waals surface area contributed by atoms with E-state index in [1.54, 1.807) is 0 Å². The first-order chi connectivity index (χ1) is 13.0. The summed E-state index contributed by atoms with van der Waals surface area (Å²) in [7, 11) is 0. The number of carbonyl (C=O) groups excluding carboxylic acids is 1. The van der Waals surface area contributed by atoms with Crippen LogP contribution in [0.1, 0.15) is 53.7 Å². The van der Waals surface area contributed by atoms with Crippen LogP contribution in [0.3, 0.4) is 0 Å². The number of benzene rings is 2. The molecule has 0 unspecified atom stereocenters. The largest absolute Gasteiger partial charge is 0.489 e. The van der Waals surface area contributed by atoms with Gasteiger partial charge in [-0.05, 0) is 54.6 Å². The zero-order valence-electron chi connectivity index (χ0n) is 16.3. The van der Waals surface area contributed by atoms with Crippen LogP contribution in [-0.4, -0.2) is 23.9 Å². The van der Waals surface area contributed by atoms with Gasteiger partial charge in [-0.15, -0.1) is 0 Å². The van der Waals surface area contributed by atoms with E-state index in [0.29, 0.717) is 18.6 Å². The molecule has 0 spiro atoms. The number of amides is 1. The molecule has 1 N–H and O–H groups in total. The molecule has 1 saturated heterocycles. The van der Waals surface area contributed by atoms with Crippen molar-refractivity contribution in [3.05, 3.63) is 64.7 Å². The fourth-order valence-electron chi connectivity index (χ4n) is 3.84. The molecule has 2 aromatic carbocycles. The molecule has 2 heterocycles. The molecule has 1 amide bonds. The molecule has 0 atom stereocenters. The van der Waals surface area contributed by atoms with Gasteiger partial charge in [0.25, 0.3) is 5.91 Å². The van der Waals surface area contributed by atoms with Crippen molar-refractivity contribution in [2.75, 3.05) is 13.1 Å². The fraction of sp³-hybridized carbons (Fsp3) is 0.435. The summed E-state index contributed by atoms with van der Waals surface area (Å²) in [6.45, 7) is 9.20. The van der Waals surface area contributed by atoms with E-state index >= 15 is 0 Å². The topological polar surface area (TPSA) is 41.6 Å². The number of likely N-dealkylation sites (tertiary alicyclic amines) is 1. The molecular weight excluding hydrogens is 336 g/mol. The lowest BCUT2D eigenvalue weighted by molar-refractivity contribution is 0.0965. The smallest absolute Gasteiger partial charge is 0.252 e. The number of hydrogen-bond acceptors (Lipinski definition) is 3. The number of rotatable bonds is 5. The van der Waals surface area contributed by atoms with E-state index in [9.17, 15) is 4.79 Å². The number of nitrogens with zero attached hydrogens (tertiary/aromatic N) is 1. The van der Waals surface area contributed by atoms with Crippen molar-refractivity contribution in [3.8, 4) is 5.75 Å². The lowest BCUT2D eigenvalue weighted by Crippen LogP contribution is -2.36. The Labute approximate surface area is 161 Å². The summed E-state index contributed by atoms with van der Waals surface area (Å²) in [6.07, 6.45) is 2.55. The van der Waals surface area contributed by atoms with E-state index in [0.717, 1.165) is 29.0 Å². The summed E-state index contributed by atoms with van der Waals surface area (Å²) in [4.78, 5) is 14.3. The first-order valence-corrected chi connectivity index (χ1v) is 9.83. The summed E-state index contributed by atoms with van der Waals surface area (Å²) < 4.78 is 5.99. The maximum atomic E-state index is 11.8. The molecular formula is C23H28N2O2. The second-order valence-corrected chi connectivity index (χ2v) is 8.51. The molecule has 4 nitrogen and oxygen atoms in total. The van der Waals surface area contributed by atoms with Crippen molar-refractivity contribution in [1.29, 1.82) is 0 Å². The summed E-state index contributed by atoms with van der Waals surface area (Å²) in [6, 6.07) is 14.4. The van der Waals surface area contributed by atoms with Crippen LogP contribution in [0, 0.1) is 5.41 Å². The predicted octanol–water partition coefficient (Wildman–Crippen LogP) is 4.13. The maximum Gasteiger partial charge on any atom is 0.252 e. The normalized spacial score (nSPS) is 18.8. The number of fused-ring (bicyclic) bond motifs is 1. The maximum absolute atomic E-state index is 11.8. The highest BCUT2D eigenvalue weighted by Crippen LogP contribution is 2.30. The third-order valence-electron chi connectivity index (χ3n) is 5.84. The highest BCUT2D eigenvalue weighted by atomic mass is 16.5. The first kappa shape index (κ1) is 18.1. The molecule has 2 aliphatic heterocycles. The van der Waals surface area contributed by atoms with Crippen LogP contribution >= 0.6 is 0 Å². The van der Waals surface area contributed by atoms with Crippen molar-refractivity contribution in [3.63, 3.8) is 0 Å². The number of ether oxygens (including phenoxy) is 1. The number of piperidine rings is 1. The lowest BCUT2D eigenvalue weighted by Gasteiger charge is -2.36. The van der Waals surface area contributed by atoms with E-state index < -0.39 is 0 Å². The van der Waals surface area contributed by atoms with E-state index in [-0.39, 0.29) is 5.91 Å². The third kappa shape index (κ3) is 4.16. The molecule has 0 aliphatic carbocycles. The summed E-state index contributed by atoms with van der Waals surface area (Å²) >= 11 is 0. The van der Waals surface area contributed by atoms with Crippen molar-refractivity contribution in [2.24, 2.45) is 5.41 Å². The Hall–Kier alpha value is -2.33. The van der Waals surface area contributed by atoms with Gasteiger partial charge in [0.05, 0.1) is 0 Å². The van der Waals surface area contributed by atoms with Crippen LogP contribution in [0.4, 0.5) is 0 Å². The molecule has 0 radical (unpaired) electrons. The Bertz CT molecular complexity index is 817. The van der Waals surface area contributed by atoms with Gasteiger partial charge in [0.15, 0.2) is 0 Å². The molecule has 4 rings (SSSR count). The molecule has 2 aromatic rings. The van der Waals surface area contributed by atoms with Gasteiger partial charge in [-0.3, -0.25) is 9.69 Å². The molecule has 27 heavy (non-hydrogen) atoms. The predicted molar refractivity (Wildman–Crippen MR) is 107 cm³/mol. The molecule has 142 valence electrons. The van der Waals surface area contributed by atoms with Gasteiger partial charge in [-0.25, -0.2) is 0 Å². The number of carbonyl (C=O) groups is 1. The van der Waals surface area contributed by atoms with Crippen molar-refractivity contribution in [1.82, 2.24) is 10.2 Å². The SMILES string of the molecule is CC1(C)CCN(Cc2ccc(COc3cccc4c3CNC4=O)cc2)CC1. The quantitative estimate of drug-likeness (QED) is 0.867. The van der Waals surface area contributed by atoms with Gasteiger partial charge in [0.2, 0.25) is 0 Å². The van der Waals surface area contributed by atoms with Crippen LogP contribution in [0.25, 0.3) is 0 Å². The average molecular weight is 364 g/mol. The molecule has 0 saturated carbocycles. The zero-order chi connectivity index (χ0) is 18.9. The zero-order valence-corrected chi connectivity index (χ0v) is 16.3. The summed E-state index contributed by atoms with van der Waals surface area (Å²) in [5.41, 5.74) is 4.69. The van der Waals surface area contributed by atoms with E-state index in [1.807, 2.05) is 18.2 Å². The lowest BCUT2D eigenvalue weighted by atomic mass is 9.82. The Balaban J connectivity index is 1.33. The van der Waals surface area contributed by atoms with Crippen LogP contribution in [-0.2, 0) is 19.7 Å². The van der Waals surface area contributed by atoms with Crippen molar-refractivity contribution < 1.29 is 9.53 Å².